The van der Waals surface area contributed by atoms with E-state index in [2.05, 4.69) is 25.9 Å². The Morgan fingerprint density at radius 1 is 1.03 bits per heavy atom. The molecule has 1 aliphatic heterocycles. The Morgan fingerprint density at radius 3 is 2.53 bits per heavy atom. The zero-order valence-electron chi connectivity index (χ0n) is 18.0. The number of carbonyl (C=O) groups excluding carboxylic acids is 1. The molecule has 3 N–H and O–H groups in total. The van der Waals surface area contributed by atoms with Crippen molar-refractivity contribution in [3.63, 3.8) is 0 Å². The number of anilines is 1. The second-order valence-corrected chi connectivity index (χ2v) is 10.1. The summed E-state index contributed by atoms with van der Waals surface area (Å²) in [6.07, 6.45) is 0.758. The predicted octanol–water partition coefficient (Wildman–Crippen LogP) is 2.76. The molecule has 34 heavy (non-hydrogen) atoms. The van der Waals surface area contributed by atoms with Crippen molar-refractivity contribution in [3.8, 4) is 17.1 Å². The Kier molecular flexibility index (Phi) is 5.72. The molecule has 1 aromatic heterocycles. The minimum Gasteiger partial charge on any atom is -0.505 e. The first-order chi connectivity index (χ1) is 16.4. The zero-order chi connectivity index (χ0) is 23.7. The van der Waals surface area contributed by atoms with Gasteiger partial charge in [0.05, 0.1) is 16.1 Å². The number of tetrazole rings is 1. The Morgan fingerprint density at radius 2 is 1.79 bits per heavy atom. The van der Waals surface area contributed by atoms with Crippen LogP contribution in [0.3, 0.4) is 0 Å². The van der Waals surface area contributed by atoms with Gasteiger partial charge in [-0.1, -0.05) is 36.4 Å². The van der Waals surface area contributed by atoms with Crippen LogP contribution in [0.25, 0.3) is 22.2 Å². The number of hydrogen-bond donors (Lipinski definition) is 3. The Hall–Kier alpha value is -3.83. The van der Waals surface area contributed by atoms with Gasteiger partial charge in [0.25, 0.3) is 0 Å². The molecular weight excluding hydrogens is 456 g/mol. The lowest BCUT2D eigenvalue weighted by molar-refractivity contribution is -0.120. The first-order valence-corrected chi connectivity index (χ1v) is 12.2. The van der Waals surface area contributed by atoms with Gasteiger partial charge in [0.1, 0.15) is 5.75 Å². The van der Waals surface area contributed by atoms with Gasteiger partial charge in [0.15, 0.2) is 0 Å². The lowest BCUT2D eigenvalue weighted by atomic mass is 9.97. The third-order valence-electron chi connectivity index (χ3n) is 6.06. The standard InChI is InChI=1S/C23H22N6O4S/c30-21-19(22-25-27-28-26-22)6-3-7-20(21)24-23(31)16-10-12-29(13-11-16)34(32,33)18-9-8-15-4-1-2-5-17(15)14-18/h1-9,14,16,30H,10-13H2,(H,24,31)(H,25,26,27,28). The van der Waals surface area contributed by atoms with Crippen molar-refractivity contribution in [2.24, 2.45) is 5.92 Å². The van der Waals surface area contributed by atoms with E-state index in [4.69, 9.17) is 0 Å². The van der Waals surface area contributed by atoms with Crippen LogP contribution in [0.1, 0.15) is 12.8 Å². The second-order valence-electron chi connectivity index (χ2n) is 8.11. The van der Waals surface area contributed by atoms with E-state index in [1.807, 2.05) is 24.3 Å². The highest BCUT2D eigenvalue weighted by atomic mass is 32.2. The van der Waals surface area contributed by atoms with Crippen molar-refractivity contribution in [2.75, 3.05) is 18.4 Å². The fourth-order valence-corrected chi connectivity index (χ4v) is 5.68. The lowest BCUT2D eigenvalue weighted by Crippen LogP contribution is -2.41. The smallest absolute Gasteiger partial charge is 0.243 e. The van der Waals surface area contributed by atoms with Gasteiger partial charge >= 0.3 is 0 Å². The van der Waals surface area contributed by atoms with E-state index >= 15 is 0 Å². The van der Waals surface area contributed by atoms with E-state index in [1.165, 1.54) is 4.31 Å². The van der Waals surface area contributed by atoms with Crippen molar-refractivity contribution in [2.45, 2.75) is 17.7 Å². The van der Waals surface area contributed by atoms with Crippen molar-refractivity contribution in [1.29, 1.82) is 0 Å². The topological polar surface area (TPSA) is 141 Å². The number of hydrogen-bond acceptors (Lipinski definition) is 7. The highest BCUT2D eigenvalue weighted by molar-refractivity contribution is 7.89. The molecule has 11 heteroatoms. The quantitative estimate of drug-likeness (QED) is 0.375. The van der Waals surface area contributed by atoms with Crippen molar-refractivity contribution in [3.05, 3.63) is 60.7 Å². The number of phenols is 1. The molecule has 1 fully saturated rings. The summed E-state index contributed by atoms with van der Waals surface area (Å²) >= 11 is 0. The first-order valence-electron chi connectivity index (χ1n) is 10.8. The van der Waals surface area contributed by atoms with Crippen LogP contribution in [0.5, 0.6) is 5.75 Å². The summed E-state index contributed by atoms with van der Waals surface area (Å²) in [5, 5.41) is 28.6. The number of aromatic nitrogens is 4. The van der Waals surface area contributed by atoms with E-state index in [0.29, 0.717) is 18.4 Å². The third kappa shape index (κ3) is 4.11. The van der Waals surface area contributed by atoms with Gasteiger partial charge in [-0.3, -0.25) is 4.79 Å². The average Bonchev–Trinajstić information content (AvgIpc) is 3.40. The summed E-state index contributed by atoms with van der Waals surface area (Å²) in [7, 11) is -3.66. The molecule has 0 bridgehead atoms. The second kappa shape index (κ2) is 8.84. The van der Waals surface area contributed by atoms with Crippen LogP contribution in [0.2, 0.25) is 0 Å². The number of rotatable bonds is 5. The Balaban J connectivity index is 1.26. The van der Waals surface area contributed by atoms with Gasteiger partial charge in [0.2, 0.25) is 21.8 Å². The summed E-state index contributed by atoms with van der Waals surface area (Å²) in [4.78, 5) is 13.1. The number of carbonyl (C=O) groups is 1. The fourth-order valence-electron chi connectivity index (χ4n) is 4.17. The number of H-pyrrole nitrogens is 1. The molecule has 4 aromatic rings. The summed E-state index contributed by atoms with van der Waals surface area (Å²) in [5.74, 6) is -0.603. The van der Waals surface area contributed by atoms with E-state index in [0.717, 1.165) is 10.8 Å². The van der Waals surface area contributed by atoms with E-state index < -0.39 is 10.0 Å². The maximum atomic E-state index is 13.2. The number of phenolic OH excluding ortho intramolecular Hbond substituents is 1. The van der Waals surface area contributed by atoms with E-state index in [9.17, 15) is 18.3 Å². The van der Waals surface area contributed by atoms with Gasteiger partial charge in [-0.05, 0) is 53.1 Å². The molecule has 0 unspecified atom stereocenters. The molecule has 0 saturated carbocycles. The van der Waals surface area contributed by atoms with Crippen LogP contribution < -0.4 is 5.32 Å². The molecule has 10 nitrogen and oxygen atoms in total. The third-order valence-corrected chi connectivity index (χ3v) is 7.96. The average molecular weight is 479 g/mol. The summed E-state index contributed by atoms with van der Waals surface area (Å²) in [6.45, 7) is 0.476. The highest BCUT2D eigenvalue weighted by Crippen LogP contribution is 2.34. The molecule has 5 rings (SSSR count). The minimum absolute atomic E-state index is 0.159. The van der Waals surface area contributed by atoms with E-state index in [-0.39, 0.29) is 47.1 Å². The highest BCUT2D eigenvalue weighted by Gasteiger charge is 2.32. The van der Waals surface area contributed by atoms with Gasteiger partial charge in [-0.15, -0.1) is 10.2 Å². The lowest BCUT2D eigenvalue weighted by Gasteiger charge is -2.30. The van der Waals surface area contributed by atoms with Crippen LogP contribution in [0.4, 0.5) is 5.69 Å². The van der Waals surface area contributed by atoms with Crippen LogP contribution >= 0.6 is 0 Å². The SMILES string of the molecule is O=C(Nc1cccc(-c2nn[nH]n2)c1O)C1CCN(S(=O)(=O)c2ccc3ccccc3c2)CC1. The molecule has 1 amide bonds. The minimum atomic E-state index is -3.66. The molecule has 1 saturated heterocycles. The number of nitrogens with one attached hydrogen (secondary N) is 2. The molecule has 3 aromatic carbocycles. The summed E-state index contributed by atoms with van der Waals surface area (Å²) in [6, 6.07) is 17.6. The van der Waals surface area contributed by atoms with Crippen LogP contribution in [0, 0.1) is 5.92 Å². The van der Waals surface area contributed by atoms with Crippen molar-refractivity contribution >= 4 is 32.4 Å². The van der Waals surface area contributed by atoms with Gasteiger partial charge in [0, 0.05) is 19.0 Å². The monoisotopic (exact) mass is 478 g/mol. The van der Waals surface area contributed by atoms with Crippen LogP contribution in [0.15, 0.2) is 65.6 Å². The van der Waals surface area contributed by atoms with Crippen LogP contribution in [-0.4, -0.2) is 57.5 Å². The van der Waals surface area contributed by atoms with Gasteiger partial charge in [-0.2, -0.15) is 9.52 Å². The number of benzene rings is 3. The van der Waals surface area contributed by atoms with Crippen LogP contribution in [-0.2, 0) is 14.8 Å². The number of aromatic hydroxyl groups is 1. The first kappa shape index (κ1) is 22.0. The molecule has 174 valence electrons. The number of piperidine rings is 1. The molecule has 0 spiro atoms. The number of sulfonamides is 1. The molecular formula is C23H22N6O4S. The number of amides is 1. The van der Waals surface area contributed by atoms with Crippen molar-refractivity contribution in [1.82, 2.24) is 24.9 Å². The molecule has 1 aliphatic rings. The number of nitrogens with zero attached hydrogens (tertiary/aromatic N) is 4. The molecule has 2 heterocycles. The Labute approximate surface area is 195 Å². The number of fused-ring (bicyclic) bond motifs is 1. The van der Waals surface area contributed by atoms with Crippen molar-refractivity contribution < 1.29 is 18.3 Å². The largest absolute Gasteiger partial charge is 0.505 e. The van der Waals surface area contributed by atoms with E-state index in [1.54, 1.807) is 36.4 Å². The van der Waals surface area contributed by atoms with Gasteiger partial charge in [-0.25, -0.2) is 8.42 Å². The fraction of sp³-hybridized carbons (Fsp3) is 0.217. The summed E-state index contributed by atoms with van der Waals surface area (Å²) < 4.78 is 27.8. The molecule has 0 radical (unpaired) electrons. The molecule has 0 atom stereocenters. The predicted molar refractivity (Wildman–Crippen MR) is 125 cm³/mol. The number of para-hydroxylation sites is 1. The maximum absolute atomic E-state index is 13.2. The summed E-state index contributed by atoms with van der Waals surface area (Å²) in [5.41, 5.74) is 0.571. The normalized spacial score (nSPS) is 15.4. The number of aromatic amines is 1. The molecule has 0 aliphatic carbocycles. The maximum Gasteiger partial charge on any atom is 0.243 e. The Bertz CT molecular complexity index is 1450. The van der Waals surface area contributed by atoms with Gasteiger partial charge < -0.3 is 10.4 Å². The zero-order valence-corrected chi connectivity index (χ0v) is 18.9.